The fraction of sp³-hybridized carbons (Fsp3) is 0.0588. The molecule has 0 saturated heterocycles. The zero-order valence-corrected chi connectivity index (χ0v) is 12.7. The molecular formula is C17H13ClN2O3. The van der Waals surface area contributed by atoms with Crippen LogP contribution in [0, 0.1) is 0 Å². The number of hydrogen-bond donors (Lipinski definition) is 3. The first-order valence-electron chi connectivity index (χ1n) is 6.88. The van der Waals surface area contributed by atoms with Gasteiger partial charge < -0.3 is 15.2 Å². The lowest BCUT2D eigenvalue weighted by molar-refractivity contribution is 0.0692. The Balaban J connectivity index is 2.07. The van der Waals surface area contributed by atoms with Crippen LogP contribution in [0.4, 0.5) is 0 Å². The lowest BCUT2D eigenvalue weighted by atomic mass is 10.1. The molecular weight excluding hydrogens is 316 g/mol. The van der Waals surface area contributed by atoms with E-state index in [1.165, 1.54) is 0 Å². The van der Waals surface area contributed by atoms with E-state index in [1.54, 1.807) is 48.5 Å². The van der Waals surface area contributed by atoms with Gasteiger partial charge in [0.25, 0.3) is 0 Å². The maximum atomic E-state index is 11.5. The van der Waals surface area contributed by atoms with Crippen molar-refractivity contribution < 1.29 is 15.0 Å². The van der Waals surface area contributed by atoms with Gasteiger partial charge in [-0.3, -0.25) is 0 Å². The van der Waals surface area contributed by atoms with Crippen molar-refractivity contribution in [2.75, 3.05) is 0 Å². The van der Waals surface area contributed by atoms with Gasteiger partial charge in [-0.2, -0.15) is 0 Å². The smallest absolute Gasteiger partial charge is 0.354 e. The quantitative estimate of drug-likeness (QED) is 0.683. The van der Waals surface area contributed by atoms with Gasteiger partial charge in [-0.1, -0.05) is 48.0 Å². The summed E-state index contributed by atoms with van der Waals surface area (Å²) in [4.78, 5) is 18.7. The first-order chi connectivity index (χ1) is 11.1. The molecule has 0 aliphatic heterocycles. The van der Waals surface area contributed by atoms with E-state index >= 15 is 0 Å². The number of aliphatic hydroxyl groups is 1. The number of H-pyrrole nitrogens is 1. The SMILES string of the molecule is O=C(O)c1[nH]c(-c2ccc(CO)cc2)nc1-c1ccc(Cl)cc1. The Morgan fingerprint density at radius 2 is 1.65 bits per heavy atom. The molecule has 0 spiro atoms. The summed E-state index contributed by atoms with van der Waals surface area (Å²) in [6, 6.07) is 13.9. The van der Waals surface area contributed by atoms with Crippen LogP contribution in [0.1, 0.15) is 16.1 Å². The first-order valence-corrected chi connectivity index (χ1v) is 7.25. The lowest BCUT2D eigenvalue weighted by Crippen LogP contribution is -1.99. The monoisotopic (exact) mass is 328 g/mol. The fourth-order valence-electron chi connectivity index (χ4n) is 2.25. The van der Waals surface area contributed by atoms with Crippen molar-refractivity contribution in [1.29, 1.82) is 0 Å². The molecule has 3 N–H and O–H groups in total. The fourth-order valence-corrected chi connectivity index (χ4v) is 2.38. The van der Waals surface area contributed by atoms with E-state index in [0.717, 1.165) is 11.1 Å². The van der Waals surface area contributed by atoms with Gasteiger partial charge >= 0.3 is 5.97 Å². The predicted molar refractivity (Wildman–Crippen MR) is 87.4 cm³/mol. The highest BCUT2D eigenvalue weighted by molar-refractivity contribution is 6.30. The van der Waals surface area contributed by atoms with Gasteiger partial charge in [0.15, 0.2) is 5.69 Å². The third-order valence-corrected chi connectivity index (χ3v) is 3.70. The van der Waals surface area contributed by atoms with Gasteiger partial charge in [-0.15, -0.1) is 0 Å². The van der Waals surface area contributed by atoms with Crippen molar-refractivity contribution in [3.8, 4) is 22.6 Å². The Labute approximate surface area is 137 Å². The third kappa shape index (κ3) is 3.11. The third-order valence-electron chi connectivity index (χ3n) is 3.45. The molecule has 0 unspecified atom stereocenters. The highest BCUT2D eigenvalue weighted by Crippen LogP contribution is 2.27. The summed E-state index contributed by atoms with van der Waals surface area (Å²) in [5.74, 6) is -0.627. The molecule has 3 rings (SSSR count). The Morgan fingerprint density at radius 1 is 1.04 bits per heavy atom. The first kappa shape index (κ1) is 15.3. The van der Waals surface area contributed by atoms with Crippen molar-refractivity contribution >= 4 is 17.6 Å². The minimum absolute atomic E-state index is 0.0218. The zero-order chi connectivity index (χ0) is 16.4. The van der Waals surface area contributed by atoms with Crippen LogP contribution >= 0.6 is 11.6 Å². The largest absolute Gasteiger partial charge is 0.477 e. The van der Waals surface area contributed by atoms with E-state index in [1.807, 2.05) is 0 Å². The number of imidazole rings is 1. The minimum atomic E-state index is -1.08. The molecule has 5 nitrogen and oxygen atoms in total. The molecule has 6 heteroatoms. The van der Waals surface area contributed by atoms with Crippen LogP contribution < -0.4 is 0 Å². The number of aromatic carboxylic acids is 1. The number of aromatic amines is 1. The van der Waals surface area contributed by atoms with Gasteiger partial charge in [0, 0.05) is 16.1 Å². The molecule has 2 aromatic carbocycles. The van der Waals surface area contributed by atoms with Gasteiger partial charge in [0.05, 0.1) is 6.61 Å². The van der Waals surface area contributed by atoms with Crippen LogP contribution in [-0.2, 0) is 6.61 Å². The molecule has 0 amide bonds. The molecule has 0 bridgehead atoms. The van der Waals surface area contributed by atoms with E-state index in [4.69, 9.17) is 16.7 Å². The molecule has 0 aliphatic carbocycles. The number of nitrogens with zero attached hydrogens (tertiary/aromatic N) is 1. The second-order valence-corrected chi connectivity index (χ2v) is 5.41. The van der Waals surface area contributed by atoms with E-state index in [2.05, 4.69) is 9.97 Å². The average Bonchev–Trinajstić information content (AvgIpc) is 3.01. The van der Waals surface area contributed by atoms with Crippen LogP contribution in [0.5, 0.6) is 0 Å². The topological polar surface area (TPSA) is 86.2 Å². The van der Waals surface area contributed by atoms with Crippen molar-refractivity contribution in [3.05, 3.63) is 64.8 Å². The van der Waals surface area contributed by atoms with Gasteiger partial charge in [0.2, 0.25) is 0 Å². The summed E-state index contributed by atoms with van der Waals surface area (Å²) >= 11 is 5.87. The second-order valence-electron chi connectivity index (χ2n) is 4.98. The number of carboxylic acids is 1. The number of carboxylic acid groups (broad SMARTS) is 1. The maximum absolute atomic E-state index is 11.5. The summed E-state index contributed by atoms with van der Waals surface area (Å²) in [5.41, 5.74) is 2.56. The van der Waals surface area contributed by atoms with Crippen LogP contribution in [0.3, 0.4) is 0 Å². The van der Waals surface area contributed by atoms with Crippen LogP contribution in [0.25, 0.3) is 22.6 Å². The van der Waals surface area contributed by atoms with Gasteiger partial charge in [0.1, 0.15) is 11.5 Å². The average molecular weight is 329 g/mol. The highest BCUT2D eigenvalue weighted by atomic mass is 35.5. The second kappa shape index (κ2) is 6.24. The number of aliphatic hydroxyl groups excluding tert-OH is 1. The summed E-state index contributed by atoms with van der Waals surface area (Å²) in [6.45, 7) is -0.0468. The molecule has 0 saturated carbocycles. The summed E-state index contributed by atoms with van der Waals surface area (Å²) < 4.78 is 0. The number of rotatable bonds is 4. The normalized spacial score (nSPS) is 10.7. The van der Waals surface area contributed by atoms with E-state index in [0.29, 0.717) is 22.1 Å². The van der Waals surface area contributed by atoms with Crippen LogP contribution in [0.2, 0.25) is 5.02 Å². The number of benzene rings is 2. The van der Waals surface area contributed by atoms with Crippen molar-refractivity contribution in [1.82, 2.24) is 9.97 Å². The van der Waals surface area contributed by atoms with Crippen molar-refractivity contribution in [2.24, 2.45) is 0 Å². The molecule has 1 aromatic heterocycles. The van der Waals surface area contributed by atoms with E-state index in [-0.39, 0.29) is 12.3 Å². The molecule has 0 atom stereocenters. The Bertz CT molecular complexity index is 839. The highest BCUT2D eigenvalue weighted by Gasteiger charge is 2.18. The molecule has 0 fully saturated rings. The molecule has 0 radical (unpaired) electrons. The summed E-state index contributed by atoms with van der Waals surface area (Å²) in [7, 11) is 0. The van der Waals surface area contributed by atoms with Gasteiger partial charge in [-0.25, -0.2) is 9.78 Å². The lowest BCUT2D eigenvalue weighted by Gasteiger charge is -1.99. The van der Waals surface area contributed by atoms with Crippen LogP contribution in [-0.4, -0.2) is 26.2 Å². The zero-order valence-electron chi connectivity index (χ0n) is 12.0. The number of halogens is 1. The van der Waals surface area contributed by atoms with Crippen molar-refractivity contribution in [2.45, 2.75) is 6.61 Å². The Morgan fingerprint density at radius 3 is 2.22 bits per heavy atom. The molecule has 0 aliphatic rings. The van der Waals surface area contributed by atoms with Gasteiger partial charge in [-0.05, 0) is 17.7 Å². The van der Waals surface area contributed by atoms with E-state index < -0.39 is 5.97 Å². The van der Waals surface area contributed by atoms with Crippen LogP contribution in [0.15, 0.2) is 48.5 Å². The van der Waals surface area contributed by atoms with Crippen molar-refractivity contribution in [3.63, 3.8) is 0 Å². The molecule has 116 valence electrons. The number of carbonyl (C=O) groups is 1. The molecule has 23 heavy (non-hydrogen) atoms. The standard InChI is InChI=1S/C17H13ClN2O3/c18-13-7-5-11(6-8-13)14-15(17(22)23)20-16(19-14)12-3-1-10(9-21)2-4-12/h1-8,21H,9H2,(H,19,20)(H,22,23). The molecule has 1 heterocycles. The maximum Gasteiger partial charge on any atom is 0.354 e. The number of aromatic nitrogens is 2. The summed E-state index contributed by atoms with van der Waals surface area (Å²) in [5, 5.41) is 19.0. The predicted octanol–water partition coefficient (Wildman–Crippen LogP) is 3.59. The van der Waals surface area contributed by atoms with E-state index in [9.17, 15) is 9.90 Å². The Hall–Kier alpha value is -2.63. The number of nitrogens with one attached hydrogen (secondary N) is 1. The molecule has 3 aromatic rings. The number of hydrogen-bond acceptors (Lipinski definition) is 3. The Kier molecular flexibility index (Phi) is 4.14. The summed E-state index contributed by atoms with van der Waals surface area (Å²) in [6.07, 6.45) is 0. The minimum Gasteiger partial charge on any atom is -0.477 e.